The van der Waals surface area contributed by atoms with Crippen LogP contribution in [0, 0.1) is 20.2 Å². The number of rotatable bonds is 6. The van der Waals surface area contributed by atoms with Crippen LogP contribution >= 0.6 is 0 Å². The standard InChI is InChI=1S/C5H7FN2O5/c1-2-3-13-4-5(6,7(9)10)8(11)12/h2H,1,3-4H2. The van der Waals surface area contributed by atoms with Gasteiger partial charge in [0.25, 0.3) is 0 Å². The molecule has 0 atom stereocenters. The smallest absolute Gasteiger partial charge is 0.360 e. The summed E-state index contributed by atoms with van der Waals surface area (Å²) in [5.41, 5.74) is 0. The molecule has 74 valence electrons. The lowest BCUT2D eigenvalue weighted by molar-refractivity contribution is -0.833. The maximum Gasteiger partial charge on any atom is 0.637 e. The average molecular weight is 194 g/mol. The molecule has 0 radical (unpaired) electrons. The van der Waals surface area contributed by atoms with Crippen molar-refractivity contribution in [3.05, 3.63) is 32.9 Å². The Bertz CT molecular complexity index is 217. The van der Waals surface area contributed by atoms with Crippen molar-refractivity contribution in [3.63, 3.8) is 0 Å². The quantitative estimate of drug-likeness (QED) is 0.152. The molecule has 0 saturated heterocycles. The van der Waals surface area contributed by atoms with E-state index in [1.165, 1.54) is 6.08 Å². The third-order valence-corrected chi connectivity index (χ3v) is 1.08. The van der Waals surface area contributed by atoms with E-state index in [0.717, 1.165) is 0 Å². The molecule has 8 heteroatoms. The van der Waals surface area contributed by atoms with E-state index in [1.807, 2.05) is 0 Å². The molecule has 0 unspecified atom stereocenters. The van der Waals surface area contributed by atoms with E-state index in [-0.39, 0.29) is 6.61 Å². The Balaban J connectivity index is 4.34. The number of hydrogen-bond acceptors (Lipinski definition) is 5. The minimum atomic E-state index is -3.77. The summed E-state index contributed by atoms with van der Waals surface area (Å²) >= 11 is 0. The Morgan fingerprint density at radius 3 is 2.23 bits per heavy atom. The van der Waals surface area contributed by atoms with Crippen LogP contribution in [-0.2, 0) is 4.74 Å². The topological polar surface area (TPSA) is 95.5 Å². The predicted octanol–water partition coefficient (Wildman–Crippen LogP) is 0.366. The van der Waals surface area contributed by atoms with Crippen molar-refractivity contribution in [3.8, 4) is 0 Å². The van der Waals surface area contributed by atoms with Gasteiger partial charge in [0.2, 0.25) is 6.61 Å². The number of nitro groups is 2. The summed E-state index contributed by atoms with van der Waals surface area (Å²) in [4.78, 5) is 16.6. The first kappa shape index (κ1) is 11.4. The van der Waals surface area contributed by atoms with Crippen molar-refractivity contribution < 1.29 is 19.0 Å². The predicted molar refractivity (Wildman–Crippen MR) is 38.8 cm³/mol. The Hall–Kier alpha value is -1.57. The van der Waals surface area contributed by atoms with E-state index in [0.29, 0.717) is 0 Å². The van der Waals surface area contributed by atoms with Gasteiger partial charge in [-0.05, 0) is 0 Å². The van der Waals surface area contributed by atoms with Gasteiger partial charge in [0, 0.05) is 0 Å². The van der Waals surface area contributed by atoms with Crippen LogP contribution in [0.1, 0.15) is 0 Å². The van der Waals surface area contributed by atoms with Gasteiger partial charge in [0.1, 0.15) is 9.85 Å². The molecule has 0 spiro atoms. The molecule has 7 nitrogen and oxygen atoms in total. The summed E-state index contributed by atoms with van der Waals surface area (Å²) in [7, 11) is 0. The second-order valence-corrected chi connectivity index (χ2v) is 2.04. The van der Waals surface area contributed by atoms with Gasteiger partial charge in [-0.1, -0.05) is 10.5 Å². The second kappa shape index (κ2) is 4.45. The molecule has 13 heavy (non-hydrogen) atoms. The molecule has 0 amide bonds. The fourth-order valence-corrected chi connectivity index (χ4v) is 0.444. The van der Waals surface area contributed by atoms with Crippen LogP contribution in [-0.4, -0.2) is 29.0 Å². The molecule has 0 bridgehead atoms. The van der Waals surface area contributed by atoms with Crippen LogP contribution < -0.4 is 0 Å². The molecule has 0 fully saturated rings. The van der Waals surface area contributed by atoms with Gasteiger partial charge in [-0.15, -0.1) is 6.58 Å². The normalized spacial score (nSPS) is 10.8. The van der Waals surface area contributed by atoms with Gasteiger partial charge in [0.15, 0.2) is 0 Å². The highest BCUT2D eigenvalue weighted by atomic mass is 19.2. The summed E-state index contributed by atoms with van der Waals surface area (Å²) in [5.74, 6) is -3.77. The first-order chi connectivity index (χ1) is 5.95. The van der Waals surface area contributed by atoms with E-state index < -0.39 is 22.4 Å². The van der Waals surface area contributed by atoms with Crippen LogP contribution in [0.15, 0.2) is 12.7 Å². The fourth-order valence-electron chi connectivity index (χ4n) is 0.444. The third-order valence-electron chi connectivity index (χ3n) is 1.08. The van der Waals surface area contributed by atoms with Gasteiger partial charge in [-0.3, -0.25) is 20.2 Å². The number of ether oxygens (including phenoxy) is 1. The van der Waals surface area contributed by atoms with Gasteiger partial charge >= 0.3 is 5.92 Å². The average Bonchev–Trinajstić information content (AvgIpc) is 2.03. The first-order valence-corrected chi connectivity index (χ1v) is 3.11. The SMILES string of the molecule is C=CCOCC(F)([N+](=O)[O-])[N+](=O)[O-]. The Morgan fingerprint density at radius 2 is 1.92 bits per heavy atom. The second-order valence-electron chi connectivity index (χ2n) is 2.04. The number of hydrogen-bond donors (Lipinski definition) is 0. The maximum atomic E-state index is 12.8. The zero-order valence-electron chi connectivity index (χ0n) is 6.51. The Morgan fingerprint density at radius 1 is 1.46 bits per heavy atom. The van der Waals surface area contributed by atoms with Crippen molar-refractivity contribution in [1.82, 2.24) is 0 Å². The molecule has 0 aliphatic carbocycles. The first-order valence-electron chi connectivity index (χ1n) is 3.11. The van der Waals surface area contributed by atoms with E-state index in [4.69, 9.17) is 0 Å². The molecule has 0 rings (SSSR count). The highest BCUT2D eigenvalue weighted by molar-refractivity contribution is 4.64. The van der Waals surface area contributed by atoms with E-state index in [1.54, 1.807) is 0 Å². The van der Waals surface area contributed by atoms with E-state index in [9.17, 15) is 24.6 Å². The Kier molecular flexibility index (Phi) is 3.92. The lowest BCUT2D eigenvalue weighted by atomic mass is 10.5. The molecule has 0 saturated carbocycles. The minimum absolute atomic E-state index is 0.187. The monoisotopic (exact) mass is 194 g/mol. The van der Waals surface area contributed by atoms with Gasteiger partial charge in [-0.2, -0.15) is 0 Å². The van der Waals surface area contributed by atoms with Crippen LogP contribution in [0.3, 0.4) is 0 Å². The molecular weight excluding hydrogens is 187 g/mol. The molecule has 0 aliphatic heterocycles. The van der Waals surface area contributed by atoms with Crippen LogP contribution in [0.5, 0.6) is 0 Å². The highest BCUT2D eigenvalue weighted by Crippen LogP contribution is 2.13. The number of alkyl halides is 1. The van der Waals surface area contributed by atoms with Crippen molar-refractivity contribution in [1.29, 1.82) is 0 Å². The molecule has 0 aromatic rings. The van der Waals surface area contributed by atoms with Gasteiger partial charge in [-0.25, -0.2) is 0 Å². The van der Waals surface area contributed by atoms with Gasteiger partial charge in [0.05, 0.1) is 6.61 Å². The summed E-state index contributed by atoms with van der Waals surface area (Å²) < 4.78 is 17.1. The molecule has 0 heterocycles. The zero-order valence-corrected chi connectivity index (χ0v) is 6.51. The lowest BCUT2D eigenvalue weighted by Gasteiger charge is -2.06. The summed E-state index contributed by atoms with van der Waals surface area (Å²) in [6, 6.07) is 0. The summed E-state index contributed by atoms with van der Waals surface area (Å²) in [6.07, 6.45) is 1.19. The third kappa shape index (κ3) is 2.75. The van der Waals surface area contributed by atoms with Crippen molar-refractivity contribution in [2.45, 2.75) is 5.92 Å². The highest BCUT2D eigenvalue weighted by Gasteiger charge is 2.58. The largest absolute Gasteiger partial charge is 0.637 e. The molecular formula is C5H7FN2O5. The van der Waals surface area contributed by atoms with Crippen LogP contribution in [0.25, 0.3) is 0 Å². The molecule has 0 aromatic carbocycles. The van der Waals surface area contributed by atoms with Crippen molar-refractivity contribution >= 4 is 0 Å². The van der Waals surface area contributed by atoms with E-state index in [2.05, 4.69) is 11.3 Å². The van der Waals surface area contributed by atoms with Crippen LogP contribution in [0.2, 0.25) is 0 Å². The molecule has 0 aliphatic rings. The van der Waals surface area contributed by atoms with Crippen molar-refractivity contribution in [2.24, 2.45) is 0 Å². The minimum Gasteiger partial charge on any atom is -0.360 e. The van der Waals surface area contributed by atoms with Crippen LogP contribution in [0.4, 0.5) is 4.39 Å². The van der Waals surface area contributed by atoms with Gasteiger partial charge < -0.3 is 4.74 Å². The lowest BCUT2D eigenvalue weighted by Crippen LogP contribution is -2.46. The molecule has 0 aromatic heterocycles. The van der Waals surface area contributed by atoms with E-state index >= 15 is 0 Å². The molecule has 0 N–H and O–H groups in total. The summed E-state index contributed by atoms with van der Waals surface area (Å²) in [5, 5.41) is 19.9. The van der Waals surface area contributed by atoms with Crippen molar-refractivity contribution in [2.75, 3.05) is 13.2 Å². The number of halogens is 1. The Labute approximate surface area is 72.1 Å². The maximum absolute atomic E-state index is 12.8. The zero-order chi connectivity index (χ0) is 10.5. The number of nitrogens with zero attached hydrogens (tertiary/aromatic N) is 2. The summed E-state index contributed by atoms with van der Waals surface area (Å²) in [6.45, 7) is 1.76. The fraction of sp³-hybridized carbons (Fsp3) is 0.600.